The number of benzene rings is 2. The van der Waals surface area contributed by atoms with Crippen LogP contribution in [0.1, 0.15) is 6.42 Å². The molecule has 2 amide bonds. The summed E-state index contributed by atoms with van der Waals surface area (Å²) in [6.07, 6.45) is -0.0419. The summed E-state index contributed by atoms with van der Waals surface area (Å²) >= 11 is 0. The van der Waals surface area contributed by atoms with Gasteiger partial charge in [-0.1, -0.05) is 6.07 Å². The van der Waals surface area contributed by atoms with Gasteiger partial charge in [-0.3, -0.25) is 24.5 Å². The fourth-order valence-electron chi connectivity index (χ4n) is 3.46. The summed E-state index contributed by atoms with van der Waals surface area (Å²) in [5.41, 5.74) is 0.613. The van der Waals surface area contributed by atoms with Gasteiger partial charge in [-0.25, -0.2) is 0 Å². The lowest BCUT2D eigenvalue weighted by molar-refractivity contribution is -0.384. The molecule has 2 aliphatic heterocycles. The molecule has 0 spiro atoms. The van der Waals surface area contributed by atoms with Gasteiger partial charge in [0, 0.05) is 42.5 Å². The number of ether oxygens (including phenoxy) is 3. The van der Waals surface area contributed by atoms with E-state index in [1.165, 1.54) is 29.2 Å². The first kappa shape index (κ1) is 21.1. The SMILES string of the molecule is O=C(COC(=O)[C@@H]1CC(=O)N(c2ccc3c(c2)OCCO3)C1)Nc1cccc([N+](=O)[O-])c1. The van der Waals surface area contributed by atoms with Crippen LogP contribution < -0.4 is 19.7 Å². The highest BCUT2D eigenvalue weighted by molar-refractivity contribution is 6.00. The minimum absolute atomic E-state index is 0.0419. The summed E-state index contributed by atoms with van der Waals surface area (Å²) in [5.74, 6) is -1.16. The van der Waals surface area contributed by atoms with Crippen molar-refractivity contribution in [3.63, 3.8) is 0 Å². The third kappa shape index (κ3) is 4.61. The van der Waals surface area contributed by atoms with E-state index in [9.17, 15) is 24.5 Å². The third-order valence-corrected chi connectivity index (χ3v) is 4.98. The van der Waals surface area contributed by atoms with Gasteiger partial charge in [-0.15, -0.1) is 0 Å². The van der Waals surface area contributed by atoms with Crippen molar-refractivity contribution in [2.24, 2.45) is 5.92 Å². The molecule has 11 heteroatoms. The molecule has 11 nitrogen and oxygen atoms in total. The summed E-state index contributed by atoms with van der Waals surface area (Å²) in [6, 6.07) is 10.5. The number of non-ortho nitro benzene ring substituents is 1. The Kier molecular flexibility index (Phi) is 5.88. The van der Waals surface area contributed by atoms with Crippen molar-refractivity contribution in [1.82, 2.24) is 0 Å². The van der Waals surface area contributed by atoms with Crippen LogP contribution in [-0.4, -0.2) is 49.1 Å². The fourth-order valence-corrected chi connectivity index (χ4v) is 3.46. The predicted octanol–water partition coefficient (Wildman–Crippen LogP) is 1.90. The average molecular weight is 441 g/mol. The van der Waals surface area contributed by atoms with Crippen LogP contribution in [0.15, 0.2) is 42.5 Å². The zero-order valence-corrected chi connectivity index (χ0v) is 16.8. The number of rotatable bonds is 6. The number of amides is 2. The number of nitrogens with zero attached hydrogens (tertiary/aromatic N) is 2. The van der Waals surface area contributed by atoms with E-state index in [4.69, 9.17) is 14.2 Å². The van der Waals surface area contributed by atoms with Gasteiger partial charge >= 0.3 is 5.97 Å². The first-order valence-electron chi connectivity index (χ1n) is 9.81. The summed E-state index contributed by atoms with van der Waals surface area (Å²) in [6.45, 7) is 0.412. The highest BCUT2D eigenvalue weighted by Crippen LogP contribution is 2.36. The number of carbonyl (C=O) groups excluding carboxylic acids is 3. The Labute approximate surface area is 182 Å². The van der Waals surface area contributed by atoms with Gasteiger partial charge in [-0.2, -0.15) is 0 Å². The normalized spacial score (nSPS) is 17.1. The van der Waals surface area contributed by atoms with Crippen molar-refractivity contribution in [3.05, 3.63) is 52.6 Å². The largest absolute Gasteiger partial charge is 0.486 e. The Bertz CT molecular complexity index is 1090. The Hall–Kier alpha value is -4.15. The molecule has 4 rings (SSSR count). The molecule has 0 saturated carbocycles. The van der Waals surface area contributed by atoms with Crippen molar-refractivity contribution >= 4 is 34.8 Å². The molecule has 0 bridgehead atoms. The van der Waals surface area contributed by atoms with Gasteiger partial charge in [0.2, 0.25) is 5.91 Å². The van der Waals surface area contributed by atoms with Crippen molar-refractivity contribution in [2.45, 2.75) is 6.42 Å². The van der Waals surface area contributed by atoms with Crippen LogP contribution in [0.5, 0.6) is 11.5 Å². The standard InChI is InChI=1S/C21H19N3O8/c25-19(22-14-2-1-3-16(9-14)24(28)29)12-32-21(27)13-8-20(26)23(11-13)15-4-5-17-18(10-15)31-7-6-30-17/h1-5,9-10,13H,6-8,11-12H2,(H,22,25)/t13-/m1/s1. The quantitative estimate of drug-likeness (QED) is 0.408. The van der Waals surface area contributed by atoms with Gasteiger partial charge in [0.15, 0.2) is 18.1 Å². The Morgan fingerprint density at radius 3 is 2.72 bits per heavy atom. The summed E-state index contributed by atoms with van der Waals surface area (Å²) in [7, 11) is 0. The first-order valence-corrected chi connectivity index (χ1v) is 9.81. The molecule has 1 saturated heterocycles. The molecule has 0 aliphatic carbocycles. The van der Waals surface area contributed by atoms with E-state index in [2.05, 4.69) is 5.32 Å². The van der Waals surface area contributed by atoms with Crippen molar-refractivity contribution in [1.29, 1.82) is 0 Å². The number of nitrogens with one attached hydrogen (secondary N) is 1. The second-order valence-electron chi connectivity index (χ2n) is 7.20. The van der Waals surface area contributed by atoms with Gasteiger partial charge in [0.25, 0.3) is 11.6 Å². The van der Waals surface area contributed by atoms with E-state index in [1.807, 2.05) is 0 Å². The fraction of sp³-hybridized carbons (Fsp3) is 0.286. The number of hydrogen-bond donors (Lipinski definition) is 1. The lowest BCUT2D eigenvalue weighted by Crippen LogP contribution is -2.28. The number of anilines is 2. The molecule has 0 aromatic heterocycles. The summed E-state index contributed by atoms with van der Waals surface area (Å²) in [5, 5.41) is 13.2. The van der Waals surface area contributed by atoms with E-state index in [0.29, 0.717) is 30.4 Å². The minimum Gasteiger partial charge on any atom is -0.486 e. The van der Waals surface area contributed by atoms with Gasteiger partial charge in [0.05, 0.1) is 10.8 Å². The molecule has 2 aromatic carbocycles. The molecule has 1 atom stereocenters. The number of carbonyl (C=O) groups is 3. The van der Waals surface area contributed by atoms with E-state index >= 15 is 0 Å². The van der Waals surface area contributed by atoms with Crippen molar-refractivity contribution < 1.29 is 33.5 Å². The van der Waals surface area contributed by atoms with Gasteiger partial charge in [-0.05, 0) is 18.2 Å². The number of nitro groups is 1. The van der Waals surface area contributed by atoms with Crippen LogP contribution in [-0.2, 0) is 19.1 Å². The molecule has 0 radical (unpaired) electrons. The van der Waals surface area contributed by atoms with Gasteiger partial charge in [0.1, 0.15) is 13.2 Å². The molecule has 2 heterocycles. The topological polar surface area (TPSA) is 137 Å². The number of hydrogen-bond acceptors (Lipinski definition) is 8. The lowest BCUT2D eigenvalue weighted by Gasteiger charge is -2.22. The molecule has 2 aromatic rings. The lowest BCUT2D eigenvalue weighted by atomic mass is 10.1. The Morgan fingerprint density at radius 2 is 1.94 bits per heavy atom. The maximum absolute atomic E-state index is 12.4. The smallest absolute Gasteiger partial charge is 0.311 e. The molecule has 0 unspecified atom stereocenters. The average Bonchev–Trinajstić information content (AvgIpc) is 3.19. The summed E-state index contributed by atoms with van der Waals surface area (Å²) < 4.78 is 16.1. The second kappa shape index (κ2) is 8.92. The summed E-state index contributed by atoms with van der Waals surface area (Å²) in [4.78, 5) is 48.5. The molecule has 2 aliphatic rings. The molecular weight excluding hydrogens is 422 g/mol. The zero-order chi connectivity index (χ0) is 22.7. The highest BCUT2D eigenvalue weighted by Gasteiger charge is 2.36. The van der Waals surface area contributed by atoms with Crippen LogP contribution in [0.2, 0.25) is 0 Å². The van der Waals surface area contributed by atoms with E-state index < -0.39 is 29.3 Å². The number of fused-ring (bicyclic) bond motifs is 1. The Morgan fingerprint density at radius 1 is 1.16 bits per heavy atom. The van der Waals surface area contributed by atoms with E-state index in [1.54, 1.807) is 18.2 Å². The van der Waals surface area contributed by atoms with Crippen LogP contribution in [0.25, 0.3) is 0 Å². The Balaban J connectivity index is 1.31. The second-order valence-corrected chi connectivity index (χ2v) is 7.20. The van der Waals surface area contributed by atoms with E-state index in [0.717, 1.165) is 0 Å². The monoisotopic (exact) mass is 441 g/mol. The predicted molar refractivity (Wildman–Crippen MR) is 111 cm³/mol. The van der Waals surface area contributed by atoms with Crippen LogP contribution >= 0.6 is 0 Å². The maximum atomic E-state index is 12.4. The van der Waals surface area contributed by atoms with Crippen LogP contribution in [0.4, 0.5) is 17.1 Å². The first-order chi connectivity index (χ1) is 15.4. The van der Waals surface area contributed by atoms with E-state index in [-0.39, 0.29) is 30.2 Å². The van der Waals surface area contributed by atoms with Gasteiger partial charge < -0.3 is 24.4 Å². The minimum atomic E-state index is -0.721. The number of nitro benzene ring substituents is 1. The molecule has 166 valence electrons. The molecular formula is C21H19N3O8. The van der Waals surface area contributed by atoms with Crippen molar-refractivity contribution in [3.8, 4) is 11.5 Å². The third-order valence-electron chi connectivity index (χ3n) is 4.98. The molecule has 1 fully saturated rings. The van der Waals surface area contributed by atoms with Crippen LogP contribution in [0.3, 0.4) is 0 Å². The molecule has 1 N–H and O–H groups in total. The highest BCUT2D eigenvalue weighted by atomic mass is 16.6. The maximum Gasteiger partial charge on any atom is 0.311 e. The number of esters is 1. The molecule has 32 heavy (non-hydrogen) atoms. The van der Waals surface area contributed by atoms with Crippen LogP contribution in [0, 0.1) is 16.0 Å². The zero-order valence-electron chi connectivity index (χ0n) is 16.8. The van der Waals surface area contributed by atoms with Crippen molar-refractivity contribution in [2.75, 3.05) is 36.6 Å².